The van der Waals surface area contributed by atoms with Gasteiger partial charge < -0.3 is 5.73 Å². The predicted octanol–water partition coefficient (Wildman–Crippen LogP) is 4.09. The largest absolute Gasteiger partial charge is 0.321 e. The zero-order valence-corrected chi connectivity index (χ0v) is 11.1. The van der Waals surface area contributed by atoms with Crippen molar-refractivity contribution in [2.75, 3.05) is 0 Å². The van der Waals surface area contributed by atoms with Crippen LogP contribution < -0.4 is 5.73 Å². The third-order valence-electron chi connectivity index (χ3n) is 4.17. The maximum Gasteiger partial charge on any atom is 0.123 e. The van der Waals surface area contributed by atoms with E-state index in [1.165, 1.54) is 12.1 Å². The van der Waals surface area contributed by atoms with Gasteiger partial charge in [0.05, 0.1) is 0 Å². The fraction of sp³-hybridized carbons (Fsp3) is 0.571. The Morgan fingerprint density at radius 3 is 2.71 bits per heavy atom. The van der Waals surface area contributed by atoms with E-state index in [2.05, 4.69) is 13.8 Å². The summed E-state index contributed by atoms with van der Waals surface area (Å²) in [7, 11) is 0. The summed E-state index contributed by atoms with van der Waals surface area (Å²) < 4.78 is 13.3. The molecule has 1 fully saturated rings. The summed E-state index contributed by atoms with van der Waals surface area (Å²) in [5, 5.41) is 0.579. The number of hydrogen-bond acceptors (Lipinski definition) is 1. The molecule has 0 heterocycles. The van der Waals surface area contributed by atoms with Crippen molar-refractivity contribution in [1.82, 2.24) is 0 Å². The molecule has 1 aliphatic rings. The molecule has 0 amide bonds. The predicted molar refractivity (Wildman–Crippen MR) is 69.5 cm³/mol. The van der Waals surface area contributed by atoms with Gasteiger partial charge in [0.1, 0.15) is 5.82 Å². The van der Waals surface area contributed by atoms with E-state index in [4.69, 9.17) is 17.3 Å². The molecule has 1 aliphatic carbocycles. The Morgan fingerprint density at radius 2 is 2.06 bits per heavy atom. The summed E-state index contributed by atoms with van der Waals surface area (Å²) in [4.78, 5) is 0. The van der Waals surface area contributed by atoms with Crippen LogP contribution in [-0.4, -0.2) is 0 Å². The fourth-order valence-electron chi connectivity index (χ4n) is 2.77. The Hall–Kier alpha value is -0.600. The molecule has 2 N–H and O–H groups in total. The molecule has 3 heteroatoms. The number of benzene rings is 1. The molecule has 0 aromatic heterocycles. The monoisotopic (exact) mass is 255 g/mol. The molecule has 1 saturated carbocycles. The minimum atomic E-state index is -0.467. The van der Waals surface area contributed by atoms with Gasteiger partial charge in [-0.25, -0.2) is 4.39 Å². The van der Waals surface area contributed by atoms with Crippen LogP contribution in [0.5, 0.6) is 0 Å². The first kappa shape index (κ1) is 12.8. The van der Waals surface area contributed by atoms with Crippen molar-refractivity contribution < 1.29 is 4.39 Å². The number of hydrogen-bond donors (Lipinski definition) is 1. The highest BCUT2D eigenvalue weighted by molar-refractivity contribution is 6.31. The zero-order valence-electron chi connectivity index (χ0n) is 10.3. The van der Waals surface area contributed by atoms with Crippen molar-refractivity contribution in [3.05, 3.63) is 34.6 Å². The Balaban J connectivity index is 2.35. The smallest absolute Gasteiger partial charge is 0.123 e. The third-order valence-corrected chi connectivity index (χ3v) is 4.50. The minimum Gasteiger partial charge on any atom is -0.321 e. The molecular weight excluding hydrogens is 237 g/mol. The van der Waals surface area contributed by atoms with Crippen molar-refractivity contribution in [1.29, 1.82) is 0 Å². The quantitative estimate of drug-likeness (QED) is 0.804. The summed E-state index contributed by atoms with van der Waals surface area (Å²) in [6.07, 6.45) is 2.82. The molecule has 2 rings (SSSR count). The highest BCUT2D eigenvalue weighted by atomic mass is 35.5. The molecule has 17 heavy (non-hydrogen) atoms. The van der Waals surface area contributed by atoms with Crippen LogP contribution in [0, 0.1) is 17.7 Å². The van der Waals surface area contributed by atoms with Crippen LogP contribution in [0.15, 0.2) is 18.2 Å². The molecule has 3 unspecified atom stereocenters. The van der Waals surface area contributed by atoms with E-state index in [0.29, 0.717) is 16.9 Å². The van der Waals surface area contributed by atoms with Gasteiger partial charge in [0, 0.05) is 10.6 Å². The lowest BCUT2D eigenvalue weighted by Gasteiger charge is -2.41. The molecule has 0 saturated heterocycles. The molecule has 1 aromatic rings. The van der Waals surface area contributed by atoms with Crippen molar-refractivity contribution in [2.24, 2.45) is 17.6 Å². The first-order valence-electron chi connectivity index (χ1n) is 6.17. The van der Waals surface area contributed by atoms with Crippen LogP contribution in [0.4, 0.5) is 4.39 Å². The molecule has 1 aromatic carbocycles. The van der Waals surface area contributed by atoms with Crippen molar-refractivity contribution in [3.8, 4) is 0 Å². The fourth-order valence-corrected chi connectivity index (χ4v) is 3.08. The summed E-state index contributed by atoms with van der Waals surface area (Å²) >= 11 is 6.16. The van der Waals surface area contributed by atoms with Gasteiger partial charge in [0.2, 0.25) is 0 Å². The minimum absolute atomic E-state index is 0.263. The van der Waals surface area contributed by atoms with E-state index >= 15 is 0 Å². The van der Waals surface area contributed by atoms with E-state index in [0.717, 1.165) is 24.8 Å². The zero-order chi connectivity index (χ0) is 12.6. The molecule has 0 bridgehead atoms. The molecule has 94 valence electrons. The average molecular weight is 256 g/mol. The van der Waals surface area contributed by atoms with Crippen LogP contribution in [-0.2, 0) is 5.54 Å². The Labute approximate surface area is 107 Å². The van der Waals surface area contributed by atoms with E-state index in [1.54, 1.807) is 6.07 Å². The van der Waals surface area contributed by atoms with Gasteiger partial charge in [-0.3, -0.25) is 0 Å². The normalized spacial score (nSPS) is 33.7. The molecule has 0 aliphatic heterocycles. The van der Waals surface area contributed by atoms with Crippen molar-refractivity contribution >= 4 is 11.6 Å². The van der Waals surface area contributed by atoms with Crippen molar-refractivity contribution in [3.63, 3.8) is 0 Å². The lowest BCUT2D eigenvalue weighted by Crippen LogP contribution is -2.43. The van der Waals surface area contributed by atoms with Gasteiger partial charge >= 0.3 is 0 Å². The lowest BCUT2D eigenvalue weighted by molar-refractivity contribution is 0.176. The van der Waals surface area contributed by atoms with Gasteiger partial charge in [-0.15, -0.1) is 0 Å². The summed E-state index contributed by atoms with van der Waals surface area (Å²) in [6, 6.07) is 4.47. The van der Waals surface area contributed by atoms with Crippen LogP contribution in [0.25, 0.3) is 0 Å². The van der Waals surface area contributed by atoms with Gasteiger partial charge in [-0.1, -0.05) is 25.4 Å². The third kappa shape index (κ3) is 2.48. The summed E-state index contributed by atoms with van der Waals surface area (Å²) in [5.41, 5.74) is 6.75. The van der Waals surface area contributed by atoms with Crippen LogP contribution in [0.1, 0.15) is 38.7 Å². The van der Waals surface area contributed by atoms with Gasteiger partial charge in [-0.2, -0.15) is 0 Å². The van der Waals surface area contributed by atoms with Crippen LogP contribution >= 0.6 is 11.6 Å². The molecule has 1 nitrogen and oxygen atoms in total. The molecule has 0 spiro atoms. The average Bonchev–Trinajstić information content (AvgIpc) is 2.27. The summed E-state index contributed by atoms with van der Waals surface area (Å²) in [6.45, 7) is 4.45. The topological polar surface area (TPSA) is 26.0 Å². The van der Waals surface area contributed by atoms with Crippen molar-refractivity contribution in [2.45, 2.75) is 38.6 Å². The van der Waals surface area contributed by atoms with E-state index in [1.807, 2.05) is 0 Å². The second-order valence-electron chi connectivity index (χ2n) is 5.48. The molecule has 3 atom stereocenters. The maximum atomic E-state index is 13.3. The van der Waals surface area contributed by atoms with Gasteiger partial charge in [-0.05, 0) is 54.9 Å². The standard InChI is InChI=1S/C14H19ClFN/c1-9-5-6-14(17,8-10(9)2)12-7-11(16)3-4-13(12)15/h3-4,7,9-10H,5-6,8,17H2,1-2H3. The molecule has 0 radical (unpaired) electrons. The van der Waals surface area contributed by atoms with Crippen LogP contribution in [0.2, 0.25) is 5.02 Å². The second-order valence-corrected chi connectivity index (χ2v) is 5.88. The Kier molecular flexibility index (Phi) is 3.46. The highest BCUT2D eigenvalue weighted by Crippen LogP contribution is 2.42. The van der Waals surface area contributed by atoms with E-state index in [-0.39, 0.29) is 5.82 Å². The SMILES string of the molecule is CC1CCC(N)(c2cc(F)ccc2Cl)CC1C. The maximum absolute atomic E-state index is 13.3. The number of halogens is 2. The van der Waals surface area contributed by atoms with Gasteiger partial charge in [0.25, 0.3) is 0 Å². The second kappa shape index (κ2) is 4.58. The van der Waals surface area contributed by atoms with E-state index in [9.17, 15) is 4.39 Å². The van der Waals surface area contributed by atoms with Crippen LogP contribution in [0.3, 0.4) is 0 Å². The number of nitrogens with two attached hydrogens (primary N) is 1. The Bertz CT molecular complexity index is 421. The number of rotatable bonds is 1. The highest BCUT2D eigenvalue weighted by Gasteiger charge is 2.37. The first-order valence-corrected chi connectivity index (χ1v) is 6.54. The molecular formula is C14H19ClFN. The van der Waals surface area contributed by atoms with Gasteiger partial charge in [0.15, 0.2) is 0 Å². The Morgan fingerprint density at radius 1 is 1.35 bits per heavy atom. The lowest BCUT2D eigenvalue weighted by atomic mass is 9.69. The first-order chi connectivity index (χ1) is 7.92. The van der Waals surface area contributed by atoms with E-state index < -0.39 is 5.54 Å². The summed E-state index contributed by atoms with van der Waals surface area (Å²) in [5.74, 6) is 0.965.